The molecule has 0 fully saturated rings. The molecule has 0 aliphatic carbocycles. The third-order valence-corrected chi connectivity index (χ3v) is 3.51. The van der Waals surface area contributed by atoms with Gasteiger partial charge in [0.25, 0.3) is 0 Å². The first-order chi connectivity index (χ1) is 14.5. The molecule has 0 aliphatic rings. The zero-order valence-corrected chi connectivity index (χ0v) is 18.0. The monoisotopic (exact) mass is 594 g/mol. The quantitative estimate of drug-likeness (QED) is 0.337. The van der Waals surface area contributed by atoms with Crippen LogP contribution in [0.25, 0.3) is 22.6 Å². The Morgan fingerprint density at radius 1 is 0.742 bits per heavy atom. The summed E-state index contributed by atoms with van der Waals surface area (Å²) in [6.07, 6.45) is 10.4. The summed E-state index contributed by atoms with van der Waals surface area (Å²) in [4.78, 5) is 44.0. The molecule has 0 bridgehead atoms. The van der Waals surface area contributed by atoms with Gasteiger partial charge >= 0.3 is 11.9 Å². The molecular weight excluding hydrogens is 580 g/mol. The molecule has 0 spiro atoms. The van der Waals surface area contributed by atoms with E-state index in [0.29, 0.717) is 5.82 Å². The Morgan fingerprint density at radius 3 is 1.97 bits per heavy atom. The molecule has 4 aromatic rings. The maximum atomic E-state index is 10.3. The molecule has 3 aromatic heterocycles. The Kier molecular flexibility index (Phi) is 8.50. The van der Waals surface area contributed by atoms with Crippen LogP contribution < -0.4 is 0 Å². The molecule has 0 amide bonds. The third-order valence-electron chi connectivity index (χ3n) is 3.51. The van der Waals surface area contributed by atoms with Gasteiger partial charge in [0.1, 0.15) is 0 Å². The molecule has 10 nitrogen and oxygen atoms in total. The van der Waals surface area contributed by atoms with Crippen molar-refractivity contribution in [3.05, 3.63) is 85.1 Å². The van der Waals surface area contributed by atoms with Crippen LogP contribution in [0.4, 0.5) is 0 Å². The second-order valence-electron chi connectivity index (χ2n) is 5.54. The van der Waals surface area contributed by atoms with E-state index in [-0.39, 0.29) is 31.5 Å². The Labute approximate surface area is 189 Å². The molecule has 31 heavy (non-hydrogen) atoms. The van der Waals surface area contributed by atoms with E-state index in [1.807, 2.05) is 18.2 Å². The molecule has 0 atom stereocenters. The fourth-order valence-corrected chi connectivity index (χ4v) is 2.20. The number of hydrogen-bond acceptors (Lipinski definition) is 8. The first-order valence-corrected chi connectivity index (χ1v) is 8.39. The van der Waals surface area contributed by atoms with Gasteiger partial charge in [0.2, 0.25) is 0 Å². The zero-order chi connectivity index (χ0) is 21.3. The number of carbonyl (C=O) groups is 2. The molecule has 1 aromatic carbocycles. The summed E-state index contributed by atoms with van der Waals surface area (Å²) in [5, 5.41) is 16.8. The Hall–Kier alpha value is -3.95. The first-order valence-electron chi connectivity index (χ1n) is 8.39. The summed E-state index contributed by atoms with van der Waals surface area (Å²) in [5.41, 5.74) is 1.76. The van der Waals surface area contributed by atoms with Crippen molar-refractivity contribution in [2.45, 2.75) is 0 Å². The fraction of sp³-hybridized carbons (Fsp3) is 0. The number of aromatic nitrogens is 6. The van der Waals surface area contributed by atoms with E-state index in [0.717, 1.165) is 29.2 Å². The number of carboxylic acids is 2. The van der Waals surface area contributed by atoms with Gasteiger partial charge in [0.15, 0.2) is 11.4 Å². The molecule has 0 aliphatic heterocycles. The van der Waals surface area contributed by atoms with Gasteiger partial charge in [-0.15, -0.1) is 24.3 Å². The van der Waals surface area contributed by atoms with Gasteiger partial charge in [-0.3, -0.25) is 24.9 Å². The Balaban J connectivity index is 0.000000231. The van der Waals surface area contributed by atoms with Crippen molar-refractivity contribution < 1.29 is 39.9 Å². The standard InChI is InChI=1S/C14H9N4.C6H4N2O4.Ir/c1-3-11(13-10-15-7-8-16-13)9-12(4-1)14-17-5-2-6-18-14;9-5(10)3-1-7-2-4(8-3)6(11)12;/h1-8,10H;1-2H,(H,9,10)(H,11,12);/q-1;;. The van der Waals surface area contributed by atoms with E-state index in [2.05, 4.69) is 36.0 Å². The predicted octanol–water partition coefficient (Wildman–Crippen LogP) is 2.27. The number of aromatic carboxylic acids is 2. The number of benzene rings is 1. The SMILES string of the molecule is O=C(O)c1cncc(C(=O)O)n1.[Ir].[c-]1c(-c2cnccn2)cccc1-c1ncccn1. The molecule has 157 valence electrons. The molecule has 1 radical (unpaired) electrons. The van der Waals surface area contributed by atoms with E-state index < -0.39 is 11.9 Å². The van der Waals surface area contributed by atoms with E-state index >= 15 is 0 Å². The van der Waals surface area contributed by atoms with Crippen LogP contribution in [0, 0.1) is 6.07 Å². The number of carboxylic acid groups (broad SMARTS) is 2. The molecule has 0 saturated carbocycles. The Bertz CT molecular complexity index is 1080. The molecule has 11 heteroatoms. The zero-order valence-electron chi connectivity index (χ0n) is 15.6. The number of rotatable bonds is 4. The van der Waals surface area contributed by atoms with Gasteiger partial charge in [-0.2, -0.15) is 0 Å². The van der Waals surface area contributed by atoms with Crippen molar-refractivity contribution in [1.29, 1.82) is 0 Å². The van der Waals surface area contributed by atoms with E-state index in [9.17, 15) is 9.59 Å². The van der Waals surface area contributed by atoms with Gasteiger partial charge in [-0.25, -0.2) is 14.6 Å². The summed E-state index contributed by atoms with van der Waals surface area (Å²) in [6.45, 7) is 0. The van der Waals surface area contributed by atoms with Crippen LogP contribution in [-0.2, 0) is 20.1 Å². The van der Waals surface area contributed by atoms with Crippen molar-refractivity contribution in [3.63, 3.8) is 0 Å². The molecule has 0 unspecified atom stereocenters. The van der Waals surface area contributed by atoms with Crippen LogP contribution in [0.2, 0.25) is 0 Å². The van der Waals surface area contributed by atoms with E-state index in [1.165, 1.54) is 0 Å². The number of hydrogen-bond donors (Lipinski definition) is 2. The largest absolute Gasteiger partial charge is 0.476 e. The average Bonchev–Trinajstić information content (AvgIpc) is 2.81. The van der Waals surface area contributed by atoms with Crippen LogP contribution in [0.1, 0.15) is 21.0 Å². The van der Waals surface area contributed by atoms with Gasteiger partial charge in [0, 0.05) is 56.8 Å². The van der Waals surface area contributed by atoms with Gasteiger partial charge in [0.05, 0.1) is 18.2 Å². The minimum absolute atomic E-state index is 0. The third kappa shape index (κ3) is 6.53. The minimum atomic E-state index is -1.30. The van der Waals surface area contributed by atoms with Crippen LogP contribution in [0.15, 0.2) is 67.6 Å². The predicted molar refractivity (Wildman–Crippen MR) is 103 cm³/mol. The van der Waals surface area contributed by atoms with Crippen LogP contribution in [0.5, 0.6) is 0 Å². The minimum Gasteiger partial charge on any atom is -0.476 e. The van der Waals surface area contributed by atoms with Gasteiger partial charge < -0.3 is 10.2 Å². The maximum Gasteiger partial charge on any atom is 0.356 e. The van der Waals surface area contributed by atoms with Gasteiger partial charge in [-0.1, -0.05) is 11.1 Å². The fourth-order valence-electron chi connectivity index (χ4n) is 2.20. The molecule has 4 rings (SSSR count). The van der Waals surface area contributed by atoms with Gasteiger partial charge in [-0.05, 0) is 6.07 Å². The maximum absolute atomic E-state index is 10.3. The average molecular weight is 594 g/mol. The van der Waals surface area contributed by atoms with E-state index in [1.54, 1.807) is 37.1 Å². The van der Waals surface area contributed by atoms with Crippen LogP contribution in [0.3, 0.4) is 0 Å². The Morgan fingerprint density at radius 2 is 1.39 bits per heavy atom. The number of nitrogens with zero attached hydrogens (tertiary/aromatic N) is 6. The van der Waals surface area contributed by atoms with Crippen molar-refractivity contribution >= 4 is 11.9 Å². The summed E-state index contributed by atoms with van der Waals surface area (Å²) in [7, 11) is 0. The first kappa shape index (κ1) is 23.3. The van der Waals surface area contributed by atoms with Crippen molar-refractivity contribution in [2.75, 3.05) is 0 Å². The van der Waals surface area contributed by atoms with E-state index in [4.69, 9.17) is 10.2 Å². The molecule has 2 N–H and O–H groups in total. The topological polar surface area (TPSA) is 152 Å². The molecule has 0 saturated heterocycles. The smallest absolute Gasteiger partial charge is 0.356 e. The van der Waals surface area contributed by atoms with Crippen LogP contribution >= 0.6 is 0 Å². The van der Waals surface area contributed by atoms with Crippen molar-refractivity contribution in [3.8, 4) is 22.6 Å². The summed E-state index contributed by atoms with van der Waals surface area (Å²) in [5.74, 6) is -1.94. The second-order valence-corrected chi connectivity index (χ2v) is 5.54. The normalized spacial score (nSPS) is 9.55. The second kappa shape index (κ2) is 11.3. The van der Waals surface area contributed by atoms with Crippen LogP contribution in [-0.4, -0.2) is 52.1 Å². The summed E-state index contributed by atoms with van der Waals surface area (Å²) >= 11 is 0. The van der Waals surface area contributed by atoms with Crippen molar-refractivity contribution in [1.82, 2.24) is 29.9 Å². The summed E-state index contributed by atoms with van der Waals surface area (Å²) < 4.78 is 0. The molecule has 3 heterocycles. The molecular formula is C20H13IrN6O4-. The summed E-state index contributed by atoms with van der Waals surface area (Å²) in [6, 6.07) is 10.8. The van der Waals surface area contributed by atoms with Crippen molar-refractivity contribution in [2.24, 2.45) is 0 Å².